The summed E-state index contributed by atoms with van der Waals surface area (Å²) in [5, 5.41) is 0. The van der Waals surface area contributed by atoms with E-state index >= 15 is 0 Å². The van der Waals surface area contributed by atoms with Crippen LogP contribution in [0.3, 0.4) is 0 Å². The van der Waals surface area contributed by atoms with Crippen molar-refractivity contribution in [2.45, 2.75) is 78.6 Å². The van der Waals surface area contributed by atoms with Gasteiger partial charge in [0, 0.05) is 19.5 Å². The molecule has 2 aromatic rings. The van der Waals surface area contributed by atoms with Crippen LogP contribution in [-0.4, -0.2) is 51.7 Å². The lowest BCUT2D eigenvalue weighted by molar-refractivity contribution is -0.138. The Morgan fingerprint density at radius 1 is 1.08 bits per heavy atom. The summed E-state index contributed by atoms with van der Waals surface area (Å²) in [5.41, 5.74) is -0.0755. The number of hydrogen-bond donors (Lipinski definition) is 1. The second-order valence-corrected chi connectivity index (χ2v) is 10.7. The van der Waals surface area contributed by atoms with Crippen LogP contribution in [0.5, 0.6) is 5.75 Å². The van der Waals surface area contributed by atoms with Gasteiger partial charge < -0.3 is 24.1 Å². The molecule has 0 aliphatic carbocycles. The van der Waals surface area contributed by atoms with Gasteiger partial charge in [-0.2, -0.15) is 0 Å². The molecule has 1 aromatic heterocycles. The van der Waals surface area contributed by atoms with Gasteiger partial charge in [0.05, 0.1) is 6.20 Å². The number of ether oxygens (including phenoxy) is 3. The standard InChI is InChI=1S/C22H29N3O4.C5H10O2/c1-22(2,3)29-21(27)25-11-9-16(10-12-25)13-19-23-14-18(20(26)24-19)28-15-17-7-5-4-6-8-17;1-5(2,3)7-4-6/h4-8,14,16H,9-13,15H2,1-3H3,(H,23,24,26);4H,1-3H3. The Labute approximate surface area is 213 Å². The normalized spacial score (nSPS) is 14.3. The van der Waals surface area contributed by atoms with Crippen LogP contribution in [0.4, 0.5) is 4.79 Å². The van der Waals surface area contributed by atoms with E-state index in [-0.39, 0.29) is 23.0 Å². The minimum absolute atomic E-state index is 0.220. The number of benzene rings is 1. The maximum atomic E-state index is 12.3. The summed E-state index contributed by atoms with van der Waals surface area (Å²) in [6.07, 6.45) is 3.62. The number of aromatic nitrogens is 2. The highest BCUT2D eigenvalue weighted by Gasteiger charge is 2.27. The van der Waals surface area contributed by atoms with Crippen molar-refractivity contribution in [3.05, 3.63) is 58.3 Å². The Balaban J connectivity index is 0.000000572. The van der Waals surface area contributed by atoms with E-state index in [0.29, 0.717) is 44.3 Å². The third-order valence-electron chi connectivity index (χ3n) is 5.21. The summed E-state index contributed by atoms with van der Waals surface area (Å²) in [6, 6.07) is 9.68. The molecular weight excluding hydrogens is 462 g/mol. The highest BCUT2D eigenvalue weighted by Crippen LogP contribution is 2.22. The molecule has 1 aliphatic heterocycles. The average molecular weight is 502 g/mol. The predicted octanol–water partition coefficient (Wildman–Crippen LogP) is 4.50. The van der Waals surface area contributed by atoms with Crippen LogP contribution in [-0.2, 0) is 27.3 Å². The fraction of sp³-hybridized carbons (Fsp3) is 0.556. The highest BCUT2D eigenvalue weighted by atomic mass is 16.6. The van der Waals surface area contributed by atoms with Crippen molar-refractivity contribution in [3.8, 4) is 5.75 Å². The van der Waals surface area contributed by atoms with Crippen molar-refractivity contribution < 1.29 is 23.8 Å². The lowest BCUT2D eigenvalue weighted by Crippen LogP contribution is -2.42. The maximum Gasteiger partial charge on any atom is 0.410 e. The van der Waals surface area contributed by atoms with Crippen LogP contribution in [0.1, 0.15) is 65.8 Å². The predicted molar refractivity (Wildman–Crippen MR) is 137 cm³/mol. The molecule has 0 unspecified atom stereocenters. The van der Waals surface area contributed by atoms with E-state index in [1.807, 2.05) is 71.9 Å². The smallest absolute Gasteiger partial charge is 0.410 e. The topological polar surface area (TPSA) is 111 Å². The molecule has 36 heavy (non-hydrogen) atoms. The summed E-state index contributed by atoms with van der Waals surface area (Å²) in [7, 11) is 0. The minimum atomic E-state index is -0.484. The first-order chi connectivity index (χ1) is 16.9. The van der Waals surface area contributed by atoms with E-state index in [9.17, 15) is 14.4 Å². The average Bonchev–Trinajstić information content (AvgIpc) is 2.78. The molecule has 1 N–H and O–H groups in total. The molecule has 1 saturated heterocycles. The Hall–Kier alpha value is -3.36. The zero-order chi connectivity index (χ0) is 26.8. The van der Waals surface area contributed by atoms with E-state index in [1.165, 1.54) is 6.20 Å². The molecule has 0 bridgehead atoms. The number of H-pyrrole nitrogens is 1. The van der Waals surface area contributed by atoms with Crippen molar-refractivity contribution >= 4 is 12.6 Å². The van der Waals surface area contributed by atoms with Gasteiger partial charge in [0.2, 0.25) is 5.75 Å². The van der Waals surface area contributed by atoms with Crippen LogP contribution in [0.25, 0.3) is 0 Å². The van der Waals surface area contributed by atoms with Gasteiger partial charge >= 0.3 is 6.09 Å². The van der Waals surface area contributed by atoms with Gasteiger partial charge in [-0.05, 0) is 65.9 Å². The Kier molecular flexibility index (Phi) is 10.5. The largest absolute Gasteiger partial charge is 0.482 e. The van der Waals surface area contributed by atoms with Crippen molar-refractivity contribution in [3.63, 3.8) is 0 Å². The van der Waals surface area contributed by atoms with E-state index in [1.54, 1.807) is 4.90 Å². The Bertz CT molecular complexity index is 1020. The number of aromatic amines is 1. The first kappa shape index (κ1) is 28.9. The monoisotopic (exact) mass is 501 g/mol. The molecule has 0 saturated carbocycles. The lowest BCUT2D eigenvalue weighted by atomic mass is 9.93. The number of hydrogen-bond acceptors (Lipinski definition) is 7. The highest BCUT2D eigenvalue weighted by molar-refractivity contribution is 5.68. The maximum absolute atomic E-state index is 12.3. The number of nitrogens with one attached hydrogen (secondary N) is 1. The number of rotatable bonds is 6. The van der Waals surface area contributed by atoms with Crippen LogP contribution in [0.15, 0.2) is 41.3 Å². The fourth-order valence-electron chi connectivity index (χ4n) is 3.43. The molecule has 1 fully saturated rings. The van der Waals surface area contributed by atoms with Gasteiger partial charge in [-0.1, -0.05) is 30.3 Å². The van der Waals surface area contributed by atoms with Crippen molar-refractivity contribution in [2.75, 3.05) is 13.1 Å². The number of carbonyl (C=O) groups is 2. The zero-order valence-electron chi connectivity index (χ0n) is 22.2. The molecule has 1 amide bonds. The van der Waals surface area contributed by atoms with Crippen molar-refractivity contribution in [2.24, 2.45) is 5.92 Å². The molecule has 9 heteroatoms. The molecule has 0 spiro atoms. The van der Waals surface area contributed by atoms with Crippen LogP contribution in [0, 0.1) is 5.92 Å². The zero-order valence-corrected chi connectivity index (χ0v) is 22.2. The molecule has 1 aromatic carbocycles. The SMILES string of the molecule is CC(C)(C)OC(=O)N1CCC(Cc2ncc(OCc3ccccc3)c(=O)[nH]2)CC1.CC(C)(C)OC=O. The van der Waals surface area contributed by atoms with Crippen molar-refractivity contribution in [1.82, 2.24) is 14.9 Å². The molecule has 9 nitrogen and oxygen atoms in total. The van der Waals surface area contributed by atoms with E-state index < -0.39 is 5.60 Å². The summed E-state index contributed by atoms with van der Waals surface area (Å²) in [5.74, 6) is 1.24. The van der Waals surface area contributed by atoms with Crippen LogP contribution >= 0.6 is 0 Å². The summed E-state index contributed by atoms with van der Waals surface area (Å²) in [6.45, 7) is 13.2. The molecule has 0 atom stereocenters. The fourth-order valence-corrected chi connectivity index (χ4v) is 3.43. The van der Waals surface area contributed by atoms with Gasteiger partial charge in [0.15, 0.2) is 0 Å². The molecule has 0 radical (unpaired) electrons. The van der Waals surface area contributed by atoms with E-state index in [2.05, 4.69) is 14.7 Å². The van der Waals surface area contributed by atoms with Gasteiger partial charge in [-0.15, -0.1) is 0 Å². The number of piperidine rings is 1. The summed E-state index contributed by atoms with van der Waals surface area (Å²) < 4.78 is 15.6. The van der Waals surface area contributed by atoms with Gasteiger partial charge in [-0.3, -0.25) is 9.59 Å². The summed E-state index contributed by atoms with van der Waals surface area (Å²) in [4.78, 5) is 43.0. The molecular formula is C27H39N3O6. The van der Waals surface area contributed by atoms with E-state index in [0.717, 1.165) is 18.4 Å². The van der Waals surface area contributed by atoms with E-state index in [4.69, 9.17) is 9.47 Å². The third-order valence-corrected chi connectivity index (χ3v) is 5.21. The van der Waals surface area contributed by atoms with Crippen LogP contribution in [0.2, 0.25) is 0 Å². The molecule has 2 heterocycles. The van der Waals surface area contributed by atoms with Crippen LogP contribution < -0.4 is 10.3 Å². The second-order valence-electron chi connectivity index (χ2n) is 10.7. The Morgan fingerprint density at radius 3 is 2.22 bits per heavy atom. The Morgan fingerprint density at radius 2 is 1.72 bits per heavy atom. The number of carbonyl (C=O) groups excluding carboxylic acids is 2. The molecule has 198 valence electrons. The minimum Gasteiger partial charge on any atom is -0.482 e. The van der Waals surface area contributed by atoms with Gasteiger partial charge in [0.1, 0.15) is 23.6 Å². The molecule has 1 aliphatic rings. The molecule has 3 rings (SSSR count). The first-order valence-corrected chi connectivity index (χ1v) is 12.2. The van der Waals surface area contributed by atoms with Gasteiger partial charge in [-0.25, -0.2) is 9.78 Å². The van der Waals surface area contributed by atoms with Crippen molar-refractivity contribution in [1.29, 1.82) is 0 Å². The quantitative estimate of drug-likeness (QED) is 0.580. The first-order valence-electron chi connectivity index (χ1n) is 12.2. The third kappa shape index (κ3) is 10.9. The lowest BCUT2D eigenvalue weighted by Gasteiger charge is -2.33. The second kappa shape index (κ2) is 13.1. The summed E-state index contributed by atoms with van der Waals surface area (Å²) >= 11 is 0. The number of nitrogens with zero attached hydrogens (tertiary/aromatic N) is 2. The number of likely N-dealkylation sites (tertiary alicyclic amines) is 1. The number of amides is 1. The van der Waals surface area contributed by atoms with Gasteiger partial charge in [0.25, 0.3) is 12.0 Å².